The van der Waals surface area contributed by atoms with E-state index in [0.717, 1.165) is 11.5 Å². The number of anilines is 1. The standard InChI is InChI=1S/C10H14N4/c1-8-4-9(14-7-13-8)12-6-10(2,3)5-11/h4,7H,6H2,1-3H3,(H,12,13,14). The van der Waals surface area contributed by atoms with Crippen LogP contribution in [0.2, 0.25) is 0 Å². The zero-order valence-corrected chi connectivity index (χ0v) is 8.70. The maximum atomic E-state index is 8.80. The van der Waals surface area contributed by atoms with Gasteiger partial charge in [-0.25, -0.2) is 9.97 Å². The van der Waals surface area contributed by atoms with E-state index in [0.29, 0.717) is 6.54 Å². The van der Waals surface area contributed by atoms with Crippen molar-refractivity contribution in [2.45, 2.75) is 20.8 Å². The number of nitriles is 1. The zero-order chi connectivity index (χ0) is 10.6. The molecular formula is C10H14N4. The predicted octanol–water partition coefficient (Wildman–Crippen LogP) is 1.75. The van der Waals surface area contributed by atoms with Gasteiger partial charge in [-0.3, -0.25) is 0 Å². The third-order valence-electron chi connectivity index (χ3n) is 1.82. The highest BCUT2D eigenvalue weighted by Gasteiger charge is 2.15. The number of aryl methyl sites for hydroxylation is 1. The summed E-state index contributed by atoms with van der Waals surface area (Å²) in [4.78, 5) is 8.03. The Kier molecular flexibility index (Phi) is 3.03. The van der Waals surface area contributed by atoms with Crippen molar-refractivity contribution in [2.24, 2.45) is 5.41 Å². The van der Waals surface area contributed by atoms with Gasteiger partial charge in [0.05, 0.1) is 11.5 Å². The van der Waals surface area contributed by atoms with Gasteiger partial charge in [-0.15, -0.1) is 0 Å². The molecule has 74 valence electrons. The molecule has 14 heavy (non-hydrogen) atoms. The highest BCUT2D eigenvalue weighted by atomic mass is 15.0. The fourth-order valence-corrected chi connectivity index (χ4v) is 0.902. The summed E-state index contributed by atoms with van der Waals surface area (Å²) in [6.07, 6.45) is 1.51. The second-order valence-electron chi connectivity index (χ2n) is 3.89. The maximum absolute atomic E-state index is 8.80. The molecule has 1 heterocycles. The Morgan fingerprint density at radius 3 is 2.79 bits per heavy atom. The third kappa shape index (κ3) is 3.02. The lowest BCUT2D eigenvalue weighted by atomic mass is 9.96. The SMILES string of the molecule is Cc1cc(NCC(C)(C)C#N)ncn1. The van der Waals surface area contributed by atoms with Crippen LogP contribution < -0.4 is 5.32 Å². The quantitative estimate of drug-likeness (QED) is 0.788. The Labute approximate surface area is 84.0 Å². The molecule has 0 aliphatic rings. The molecule has 1 rings (SSSR count). The van der Waals surface area contributed by atoms with Crippen molar-refractivity contribution in [1.29, 1.82) is 5.26 Å². The molecule has 0 saturated carbocycles. The largest absolute Gasteiger partial charge is 0.368 e. The molecule has 0 aliphatic heterocycles. The lowest BCUT2D eigenvalue weighted by molar-refractivity contribution is 0.528. The van der Waals surface area contributed by atoms with Crippen LogP contribution in [0.4, 0.5) is 5.82 Å². The average molecular weight is 190 g/mol. The highest BCUT2D eigenvalue weighted by Crippen LogP contribution is 2.14. The van der Waals surface area contributed by atoms with Gasteiger partial charge in [-0.1, -0.05) is 0 Å². The minimum Gasteiger partial charge on any atom is -0.368 e. The van der Waals surface area contributed by atoms with E-state index >= 15 is 0 Å². The summed E-state index contributed by atoms with van der Waals surface area (Å²) in [6, 6.07) is 4.07. The van der Waals surface area contributed by atoms with Crippen LogP contribution in [0, 0.1) is 23.7 Å². The van der Waals surface area contributed by atoms with Crippen LogP contribution in [0.15, 0.2) is 12.4 Å². The minimum absolute atomic E-state index is 0.376. The molecule has 0 bridgehead atoms. The molecule has 0 spiro atoms. The van der Waals surface area contributed by atoms with E-state index in [1.54, 1.807) is 0 Å². The van der Waals surface area contributed by atoms with Gasteiger partial charge in [0.25, 0.3) is 0 Å². The van der Waals surface area contributed by atoms with Crippen LogP contribution in [0.5, 0.6) is 0 Å². The van der Waals surface area contributed by atoms with E-state index in [9.17, 15) is 0 Å². The van der Waals surface area contributed by atoms with Gasteiger partial charge < -0.3 is 5.32 Å². The van der Waals surface area contributed by atoms with Crippen molar-refractivity contribution in [3.8, 4) is 6.07 Å². The molecule has 0 amide bonds. The molecule has 1 N–H and O–H groups in total. The van der Waals surface area contributed by atoms with Crippen molar-refractivity contribution in [3.05, 3.63) is 18.1 Å². The van der Waals surface area contributed by atoms with Crippen LogP contribution in [0.25, 0.3) is 0 Å². The number of nitrogens with one attached hydrogen (secondary N) is 1. The minimum atomic E-state index is -0.376. The molecule has 4 nitrogen and oxygen atoms in total. The maximum Gasteiger partial charge on any atom is 0.129 e. The molecule has 0 aliphatic carbocycles. The van der Waals surface area contributed by atoms with Gasteiger partial charge in [0.2, 0.25) is 0 Å². The first-order chi connectivity index (χ1) is 6.53. The second-order valence-corrected chi connectivity index (χ2v) is 3.89. The van der Waals surface area contributed by atoms with Crippen molar-refractivity contribution in [1.82, 2.24) is 9.97 Å². The van der Waals surface area contributed by atoms with Crippen molar-refractivity contribution in [2.75, 3.05) is 11.9 Å². The first kappa shape index (κ1) is 10.5. The highest BCUT2D eigenvalue weighted by molar-refractivity contribution is 5.35. The van der Waals surface area contributed by atoms with E-state index < -0.39 is 0 Å². The first-order valence-corrected chi connectivity index (χ1v) is 4.47. The molecule has 0 saturated heterocycles. The Hall–Kier alpha value is -1.63. The Bertz CT molecular complexity index is 351. The van der Waals surface area contributed by atoms with E-state index in [2.05, 4.69) is 21.4 Å². The van der Waals surface area contributed by atoms with Crippen LogP contribution in [-0.2, 0) is 0 Å². The fourth-order valence-electron chi connectivity index (χ4n) is 0.902. The van der Waals surface area contributed by atoms with E-state index in [4.69, 9.17) is 5.26 Å². The lowest BCUT2D eigenvalue weighted by Crippen LogP contribution is -2.21. The Morgan fingerprint density at radius 1 is 1.50 bits per heavy atom. The number of aromatic nitrogens is 2. The lowest BCUT2D eigenvalue weighted by Gasteiger charge is -2.16. The summed E-state index contributed by atoms with van der Waals surface area (Å²) < 4.78 is 0. The van der Waals surface area contributed by atoms with Crippen LogP contribution >= 0.6 is 0 Å². The second kappa shape index (κ2) is 4.05. The van der Waals surface area contributed by atoms with Gasteiger partial charge in [-0.05, 0) is 20.8 Å². The van der Waals surface area contributed by atoms with Crippen LogP contribution in [-0.4, -0.2) is 16.5 Å². The molecule has 1 aromatic heterocycles. The summed E-state index contributed by atoms with van der Waals surface area (Å²) in [5, 5.41) is 11.9. The molecule has 0 aromatic carbocycles. The molecule has 0 atom stereocenters. The molecule has 0 fully saturated rings. The van der Waals surface area contributed by atoms with E-state index in [1.165, 1.54) is 6.33 Å². The van der Waals surface area contributed by atoms with E-state index in [1.807, 2.05) is 26.8 Å². The van der Waals surface area contributed by atoms with Crippen LogP contribution in [0.1, 0.15) is 19.5 Å². The van der Waals surface area contributed by atoms with Gasteiger partial charge in [0, 0.05) is 18.3 Å². The molecular weight excluding hydrogens is 176 g/mol. The summed E-state index contributed by atoms with van der Waals surface area (Å²) in [5.41, 5.74) is 0.538. The van der Waals surface area contributed by atoms with Crippen LogP contribution in [0.3, 0.4) is 0 Å². The molecule has 1 aromatic rings. The van der Waals surface area contributed by atoms with E-state index in [-0.39, 0.29) is 5.41 Å². The van der Waals surface area contributed by atoms with Crippen molar-refractivity contribution < 1.29 is 0 Å². The Balaban J connectivity index is 2.59. The number of rotatable bonds is 3. The summed E-state index contributed by atoms with van der Waals surface area (Å²) in [7, 11) is 0. The van der Waals surface area contributed by atoms with Gasteiger partial charge >= 0.3 is 0 Å². The normalized spacial score (nSPS) is 10.7. The zero-order valence-electron chi connectivity index (χ0n) is 8.70. The smallest absolute Gasteiger partial charge is 0.129 e. The van der Waals surface area contributed by atoms with Gasteiger partial charge in [0.1, 0.15) is 12.1 Å². The number of hydrogen-bond donors (Lipinski definition) is 1. The first-order valence-electron chi connectivity index (χ1n) is 4.47. The summed E-state index contributed by atoms with van der Waals surface area (Å²) in [6.45, 7) is 6.25. The summed E-state index contributed by atoms with van der Waals surface area (Å²) in [5.74, 6) is 0.765. The topological polar surface area (TPSA) is 61.6 Å². The van der Waals surface area contributed by atoms with Crippen molar-refractivity contribution >= 4 is 5.82 Å². The fraction of sp³-hybridized carbons (Fsp3) is 0.500. The third-order valence-corrected chi connectivity index (χ3v) is 1.82. The Morgan fingerprint density at radius 2 is 2.21 bits per heavy atom. The van der Waals surface area contributed by atoms with Gasteiger partial charge in [-0.2, -0.15) is 5.26 Å². The average Bonchev–Trinajstić information content (AvgIpc) is 2.15. The van der Waals surface area contributed by atoms with Gasteiger partial charge in [0.15, 0.2) is 0 Å². The monoisotopic (exact) mass is 190 g/mol. The number of hydrogen-bond acceptors (Lipinski definition) is 4. The van der Waals surface area contributed by atoms with Crippen molar-refractivity contribution in [3.63, 3.8) is 0 Å². The number of nitrogens with zero attached hydrogens (tertiary/aromatic N) is 3. The molecule has 0 unspecified atom stereocenters. The molecule has 0 radical (unpaired) electrons. The predicted molar refractivity (Wildman–Crippen MR) is 54.7 cm³/mol. The molecule has 4 heteroatoms. The summed E-state index contributed by atoms with van der Waals surface area (Å²) >= 11 is 0.